The van der Waals surface area contributed by atoms with Gasteiger partial charge in [0.1, 0.15) is 6.26 Å². The van der Waals surface area contributed by atoms with Gasteiger partial charge in [-0.2, -0.15) is 0 Å². The SMILES string of the molecule is CCOC(=O)CC(C)NC(=O)c1coc(C2CCNCC2)n1. The molecule has 1 aliphatic heterocycles. The van der Waals surface area contributed by atoms with Crippen molar-refractivity contribution in [2.45, 2.75) is 45.1 Å². The van der Waals surface area contributed by atoms with Gasteiger partial charge in [0.2, 0.25) is 0 Å². The molecule has 2 N–H and O–H groups in total. The van der Waals surface area contributed by atoms with E-state index in [2.05, 4.69) is 15.6 Å². The Balaban J connectivity index is 1.87. The normalized spacial score (nSPS) is 17.0. The van der Waals surface area contributed by atoms with Gasteiger partial charge in [-0.3, -0.25) is 9.59 Å². The molecule has 1 amide bonds. The average Bonchev–Trinajstić information content (AvgIpc) is 2.98. The van der Waals surface area contributed by atoms with E-state index >= 15 is 0 Å². The molecule has 0 aromatic carbocycles. The van der Waals surface area contributed by atoms with Gasteiger partial charge in [0.25, 0.3) is 5.91 Å². The van der Waals surface area contributed by atoms with Crippen LogP contribution in [-0.2, 0) is 9.53 Å². The van der Waals surface area contributed by atoms with Gasteiger partial charge in [-0.1, -0.05) is 0 Å². The van der Waals surface area contributed by atoms with Gasteiger partial charge in [-0.25, -0.2) is 4.98 Å². The summed E-state index contributed by atoms with van der Waals surface area (Å²) >= 11 is 0. The van der Waals surface area contributed by atoms with E-state index in [1.54, 1.807) is 13.8 Å². The van der Waals surface area contributed by atoms with Crippen LogP contribution < -0.4 is 10.6 Å². The molecule has 1 fully saturated rings. The summed E-state index contributed by atoms with van der Waals surface area (Å²) in [5, 5.41) is 6.00. The second kappa shape index (κ2) is 7.93. The van der Waals surface area contributed by atoms with E-state index in [9.17, 15) is 9.59 Å². The Kier molecular flexibility index (Phi) is 5.94. The number of nitrogens with one attached hydrogen (secondary N) is 2. The molecule has 7 heteroatoms. The molecule has 22 heavy (non-hydrogen) atoms. The van der Waals surface area contributed by atoms with Crippen LogP contribution in [0.5, 0.6) is 0 Å². The van der Waals surface area contributed by atoms with Gasteiger partial charge >= 0.3 is 5.97 Å². The molecule has 0 saturated carbocycles. The molecule has 1 atom stereocenters. The molecule has 1 aromatic rings. The highest BCUT2D eigenvalue weighted by atomic mass is 16.5. The summed E-state index contributed by atoms with van der Waals surface area (Å²) in [6.07, 6.45) is 3.43. The number of ether oxygens (including phenoxy) is 1. The van der Waals surface area contributed by atoms with Gasteiger partial charge in [0.15, 0.2) is 11.6 Å². The molecule has 1 aromatic heterocycles. The lowest BCUT2D eigenvalue weighted by molar-refractivity contribution is -0.143. The number of nitrogens with zero attached hydrogens (tertiary/aromatic N) is 1. The third-order valence-corrected chi connectivity index (χ3v) is 3.60. The highest BCUT2D eigenvalue weighted by molar-refractivity contribution is 5.92. The minimum absolute atomic E-state index is 0.137. The molecule has 1 saturated heterocycles. The van der Waals surface area contributed by atoms with Gasteiger partial charge < -0.3 is 19.8 Å². The third-order valence-electron chi connectivity index (χ3n) is 3.60. The first-order valence-corrected chi connectivity index (χ1v) is 7.72. The number of hydrogen-bond donors (Lipinski definition) is 2. The average molecular weight is 309 g/mol. The minimum atomic E-state index is -0.333. The molecule has 0 radical (unpaired) electrons. The molecular formula is C15H23N3O4. The van der Waals surface area contributed by atoms with E-state index < -0.39 is 0 Å². The number of rotatable bonds is 6. The van der Waals surface area contributed by atoms with Crippen LogP contribution in [0.25, 0.3) is 0 Å². The largest absolute Gasteiger partial charge is 0.466 e. The monoisotopic (exact) mass is 309 g/mol. The predicted octanol–water partition coefficient (Wildman–Crippen LogP) is 1.21. The van der Waals surface area contributed by atoms with Crippen LogP contribution in [0, 0.1) is 0 Å². The molecular weight excluding hydrogens is 286 g/mol. The Bertz CT molecular complexity index is 509. The van der Waals surface area contributed by atoms with Crippen molar-refractivity contribution in [3.05, 3.63) is 17.8 Å². The standard InChI is InChI=1S/C15H23N3O4/c1-3-21-13(19)8-10(2)17-14(20)12-9-22-15(18-12)11-4-6-16-7-5-11/h9-11,16H,3-8H2,1-2H3,(H,17,20). The van der Waals surface area contributed by atoms with E-state index in [-0.39, 0.29) is 36.0 Å². The zero-order chi connectivity index (χ0) is 15.9. The number of amides is 1. The molecule has 122 valence electrons. The lowest BCUT2D eigenvalue weighted by Crippen LogP contribution is -2.34. The Labute approximate surface area is 129 Å². The van der Waals surface area contributed by atoms with Gasteiger partial charge in [-0.05, 0) is 39.8 Å². The topological polar surface area (TPSA) is 93.5 Å². The number of carbonyl (C=O) groups is 2. The summed E-state index contributed by atoms with van der Waals surface area (Å²) < 4.78 is 10.3. The fourth-order valence-corrected chi connectivity index (χ4v) is 2.47. The van der Waals surface area contributed by atoms with Crippen molar-refractivity contribution in [2.75, 3.05) is 19.7 Å². The summed E-state index contributed by atoms with van der Waals surface area (Å²) in [7, 11) is 0. The molecule has 0 aliphatic carbocycles. The summed E-state index contributed by atoms with van der Waals surface area (Å²) in [6.45, 7) is 5.71. The zero-order valence-corrected chi connectivity index (χ0v) is 13.1. The van der Waals surface area contributed by atoms with Crippen molar-refractivity contribution in [3.63, 3.8) is 0 Å². The summed E-state index contributed by atoms with van der Waals surface area (Å²) in [5.74, 6) is 0.219. The maximum atomic E-state index is 12.1. The second-order valence-electron chi connectivity index (χ2n) is 5.48. The lowest BCUT2D eigenvalue weighted by atomic mass is 9.98. The zero-order valence-electron chi connectivity index (χ0n) is 13.1. The predicted molar refractivity (Wildman–Crippen MR) is 79.5 cm³/mol. The number of esters is 1. The quantitative estimate of drug-likeness (QED) is 0.767. The van der Waals surface area contributed by atoms with E-state index in [1.807, 2.05) is 0 Å². The molecule has 2 rings (SSSR count). The highest BCUT2D eigenvalue weighted by Gasteiger charge is 2.22. The Morgan fingerprint density at radius 3 is 2.91 bits per heavy atom. The molecule has 0 bridgehead atoms. The Morgan fingerprint density at radius 1 is 1.50 bits per heavy atom. The fraction of sp³-hybridized carbons (Fsp3) is 0.667. The van der Waals surface area contributed by atoms with Gasteiger partial charge in [-0.15, -0.1) is 0 Å². The van der Waals surface area contributed by atoms with E-state index in [4.69, 9.17) is 9.15 Å². The molecule has 0 spiro atoms. The van der Waals surface area contributed by atoms with Gasteiger partial charge in [0, 0.05) is 12.0 Å². The van der Waals surface area contributed by atoms with E-state index in [1.165, 1.54) is 6.26 Å². The maximum absolute atomic E-state index is 12.1. The third kappa shape index (κ3) is 4.56. The maximum Gasteiger partial charge on any atom is 0.307 e. The van der Waals surface area contributed by atoms with E-state index in [0.29, 0.717) is 12.5 Å². The van der Waals surface area contributed by atoms with Crippen LogP contribution in [0.15, 0.2) is 10.7 Å². The van der Waals surface area contributed by atoms with Crippen molar-refractivity contribution in [3.8, 4) is 0 Å². The number of hydrogen-bond acceptors (Lipinski definition) is 6. The smallest absolute Gasteiger partial charge is 0.307 e. The van der Waals surface area contributed by atoms with Crippen LogP contribution in [-0.4, -0.2) is 42.6 Å². The molecule has 1 unspecified atom stereocenters. The van der Waals surface area contributed by atoms with Crippen LogP contribution in [0.1, 0.15) is 55.4 Å². The minimum Gasteiger partial charge on any atom is -0.466 e. The Morgan fingerprint density at radius 2 is 2.23 bits per heavy atom. The number of oxazole rings is 1. The molecule has 1 aliphatic rings. The number of carbonyl (C=O) groups excluding carboxylic acids is 2. The Hall–Kier alpha value is -1.89. The van der Waals surface area contributed by atoms with E-state index in [0.717, 1.165) is 25.9 Å². The van der Waals surface area contributed by atoms with Crippen molar-refractivity contribution in [1.82, 2.24) is 15.6 Å². The first-order chi connectivity index (χ1) is 10.6. The molecule has 7 nitrogen and oxygen atoms in total. The first-order valence-electron chi connectivity index (χ1n) is 7.72. The number of piperidine rings is 1. The summed E-state index contributed by atoms with van der Waals surface area (Å²) in [5.41, 5.74) is 0.254. The number of aromatic nitrogens is 1. The van der Waals surface area contributed by atoms with Crippen LogP contribution in [0.2, 0.25) is 0 Å². The highest BCUT2D eigenvalue weighted by Crippen LogP contribution is 2.24. The van der Waals surface area contributed by atoms with Crippen LogP contribution in [0.3, 0.4) is 0 Å². The fourth-order valence-electron chi connectivity index (χ4n) is 2.47. The van der Waals surface area contributed by atoms with Crippen LogP contribution >= 0.6 is 0 Å². The second-order valence-corrected chi connectivity index (χ2v) is 5.48. The van der Waals surface area contributed by atoms with Crippen molar-refractivity contribution in [1.29, 1.82) is 0 Å². The molecule has 2 heterocycles. The first kappa shape index (κ1) is 16.5. The summed E-state index contributed by atoms with van der Waals surface area (Å²) in [6, 6.07) is -0.314. The lowest BCUT2D eigenvalue weighted by Gasteiger charge is -2.19. The van der Waals surface area contributed by atoms with Crippen LogP contribution in [0.4, 0.5) is 0 Å². The van der Waals surface area contributed by atoms with Crippen molar-refractivity contribution >= 4 is 11.9 Å². The van der Waals surface area contributed by atoms with Crippen molar-refractivity contribution in [2.24, 2.45) is 0 Å². The van der Waals surface area contributed by atoms with Gasteiger partial charge in [0.05, 0.1) is 13.0 Å². The summed E-state index contributed by atoms with van der Waals surface area (Å²) in [4.78, 5) is 27.7. The van der Waals surface area contributed by atoms with Crippen molar-refractivity contribution < 1.29 is 18.7 Å².